The molecule has 98 valence electrons. The van der Waals surface area contributed by atoms with Crippen LogP contribution in [0.5, 0.6) is 0 Å². The Hall–Kier alpha value is -1.72. The number of pyridine rings is 1. The molecular formula is C14H14BrN3O. The molecule has 0 fully saturated rings. The molecule has 1 aromatic heterocycles. The summed E-state index contributed by atoms with van der Waals surface area (Å²) in [6, 6.07) is 12.6. The predicted octanol–water partition coefficient (Wildman–Crippen LogP) is 2.35. The van der Waals surface area contributed by atoms with Crippen molar-refractivity contribution in [3.8, 4) is 0 Å². The van der Waals surface area contributed by atoms with Gasteiger partial charge in [0.15, 0.2) is 0 Å². The molecule has 0 aliphatic rings. The monoisotopic (exact) mass is 319 g/mol. The summed E-state index contributed by atoms with van der Waals surface area (Å²) >= 11 is 3.27. The fourth-order valence-corrected chi connectivity index (χ4v) is 2.01. The summed E-state index contributed by atoms with van der Waals surface area (Å²) in [6.45, 7) is 0. The summed E-state index contributed by atoms with van der Waals surface area (Å²) < 4.78 is 0.593. The number of hydrogen-bond donors (Lipinski definition) is 2. The van der Waals surface area contributed by atoms with E-state index in [9.17, 15) is 4.79 Å². The van der Waals surface area contributed by atoms with E-state index in [0.29, 0.717) is 16.7 Å². The highest BCUT2D eigenvalue weighted by Gasteiger charge is 2.15. The van der Waals surface area contributed by atoms with Crippen LogP contribution >= 0.6 is 15.9 Å². The molecule has 0 unspecified atom stereocenters. The van der Waals surface area contributed by atoms with Crippen molar-refractivity contribution in [3.63, 3.8) is 0 Å². The number of halogens is 1. The van der Waals surface area contributed by atoms with Gasteiger partial charge in [-0.25, -0.2) is 4.98 Å². The highest BCUT2D eigenvalue weighted by atomic mass is 79.9. The molecule has 0 aliphatic carbocycles. The molecular weight excluding hydrogens is 306 g/mol. The minimum absolute atomic E-state index is 0.224. The van der Waals surface area contributed by atoms with Crippen molar-refractivity contribution in [2.75, 3.05) is 5.32 Å². The molecule has 5 heteroatoms. The lowest BCUT2D eigenvalue weighted by molar-refractivity contribution is -0.117. The standard InChI is InChI=1S/C14H14BrN3O/c15-13-12(7-4-8-17-13)18-14(19)11(16)9-10-5-2-1-3-6-10/h1-8,11H,9,16H2,(H,18,19)/t11-/m0/s1. The van der Waals surface area contributed by atoms with Crippen LogP contribution < -0.4 is 11.1 Å². The van der Waals surface area contributed by atoms with Gasteiger partial charge in [0.2, 0.25) is 5.91 Å². The Morgan fingerprint density at radius 1 is 1.26 bits per heavy atom. The predicted molar refractivity (Wildman–Crippen MR) is 78.7 cm³/mol. The molecule has 0 spiro atoms. The van der Waals surface area contributed by atoms with Crippen LogP contribution in [0.4, 0.5) is 5.69 Å². The second-order valence-corrected chi connectivity index (χ2v) is 4.88. The number of nitrogens with one attached hydrogen (secondary N) is 1. The van der Waals surface area contributed by atoms with Crippen LogP contribution in [-0.2, 0) is 11.2 Å². The first-order chi connectivity index (χ1) is 9.16. The minimum Gasteiger partial charge on any atom is -0.322 e. The lowest BCUT2D eigenvalue weighted by Crippen LogP contribution is -2.37. The van der Waals surface area contributed by atoms with Crippen LogP contribution in [0, 0.1) is 0 Å². The molecule has 19 heavy (non-hydrogen) atoms. The Labute approximate surface area is 120 Å². The number of nitrogens with zero attached hydrogens (tertiary/aromatic N) is 1. The first kappa shape index (κ1) is 13.7. The third-order valence-electron chi connectivity index (χ3n) is 2.65. The van der Waals surface area contributed by atoms with Crippen molar-refractivity contribution in [2.24, 2.45) is 5.73 Å². The number of aromatic nitrogens is 1. The Balaban J connectivity index is 1.99. The second-order valence-electron chi connectivity index (χ2n) is 4.13. The van der Waals surface area contributed by atoms with Crippen LogP contribution in [0.25, 0.3) is 0 Å². The van der Waals surface area contributed by atoms with Gasteiger partial charge in [0, 0.05) is 6.20 Å². The number of anilines is 1. The van der Waals surface area contributed by atoms with E-state index in [0.717, 1.165) is 5.56 Å². The molecule has 1 aromatic carbocycles. The van der Waals surface area contributed by atoms with E-state index < -0.39 is 6.04 Å². The summed E-state index contributed by atoms with van der Waals surface area (Å²) in [5.41, 5.74) is 7.56. The second kappa shape index (κ2) is 6.45. The molecule has 1 atom stereocenters. The van der Waals surface area contributed by atoms with Gasteiger partial charge in [0.25, 0.3) is 0 Å². The fourth-order valence-electron chi connectivity index (χ4n) is 1.67. The van der Waals surface area contributed by atoms with E-state index in [1.165, 1.54) is 0 Å². The van der Waals surface area contributed by atoms with Crippen molar-refractivity contribution in [1.29, 1.82) is 0 Å². The molecule has 3 N–H and O–H groups in total. The zero-order valence-electron chi connectivity index (χ0n) is 10.2. The van der Waals surface area contributed by atoms with Gasteiger partial charge >= 0.3 is 0 Å². The summed E-state index contributed by atoms with van der Waals surface area (Å²) in [4.78, 5) is 16.0. The molecule has 2 rings (SSSR count). The van der Waals surface area contributed by atoms with Crippen LogP contribution in [0.1, 0.15) is 5.56 Å². The van der Waals surface area contributed by atoms with E-state index in [2.05, 4.69) is 26.2 Å². The van der Waals surface area contributed by atoms with Crippen molar-refractivity contribution >= 4 is 27.5 Å². The van der Waals surface area contributed by atoms with Gasteiger partial charge in [-0.3, -0.25) is 4.79 Å². The molecule has 0 radical (unpaired) electrons. The number of carbonyl (C=O) groups excluding carboxylic acids is 1. The largest absolute Gasteiger partial charge is 0.322 e. The molecule has 0 saturated carbocycles. The van der Waals surface area contributed by atoms with E-state index in [4.69, 9.17) is 5.73 Å². The van der Waals surface area contributed by atoms with Gasteiger partial charge in [0.1, 0.15) is 4.60 Å². The van der Waals surface area contributed by atoms with Crippen molar-refractivity contribution in [2.45, 2.75) is 12.5 Å². The minimum atomic E-state index is -0.588. The van der Waals surface area contributed by atoms with Crippen LogP contribution in [0.2, 0.25) is 0 Å². The summed E-state index contributed by atoms with van der Waals surface area (Å²) in [6.07, 6.45) is 2.15. The van der Waals surface area contributed by atoms with E-state index >= 15 is 0 Å². The molecule has 0 aliphatic heterocycles. The zero-order chi connectivity index (χ0) is 13.7. The summed E-state index contributed by atoms with van der Waals surface area (Å²) in [7, 11) is 0. The Bertz CT molecular complexity index is 560. The highest BCUT2D eigenvalue weighted by Crippen LogP contribution is 2.18. The molecule has 1 heterocycles. The van der Waals surface area contributed by atoms with E-state index in [-0.39, 0.29) is 5.91 Å². The highest BCUT2D eigenvalue weighted by molar-refractivity contribution is 9.10. The first-order valence-electron chi connectivity index (χ1n) is 5.87. The van der Waals surface area contributed by atoms with E-state index in [1.54, 1.807) is 18.3 Å². The Kier molecular flexibility index (Phi) is 4.65. The smallest absolute Gasteiger partial charge is 0.241 e. The number of carbonyl (C=O) groups is 1. The van der Waals surface area contributed by atoms with Crippen LogP contribution in [-0.4, -0.2) is 16.9 Å². The van der Waals surface area contributed by atoms with E-state index in [1.807, 2.05) is 30.3 Å². The SMILES string of the molecule is N[C@@H](Cc1ccccc1)C(=O)Nc1cccnc1Br. The Morgan fingerprint density at radius 2 is 2.00 bits per heavy atom. The normalized spacial score (nSPS) is 11.9. The van der Waals surface area contributed by atoms with Gasteiger partial charge in [-0.1, -0.05) is 30.3 Å². The average Bonchev–Trinajstić information content (AvgIpc) is 2.42. The number of nitrogens with two attached hydrogens (primary N) is 1. The third kappa shape index (κ3) is 3.87. The first-order valence-corrected chi connectivity index (χ1v) is 6.67. The van der Waals surface area contributed by atoms with Gasteiger partial charge < -0.3 is 11.1 Å². The topological polar surface area (TPSA) is 68.0 Å². The maximum absolute atomic E-state index is 12.0. The third-order valence-corrected chi connectivity index (χ3v) is 3.28. The van der Waals surface area contributed by atoms with Gasteiger partial charge in [-0.2, -0.15) is 0 Å². The maximum atomic E-state index is 12.0. The van der Waals surface area contributed by atoms with Crippen LogP contribution in [0.15, 0.2) is 53.3 Å². The van der Waals surface area contributed by atoms with Crippen molar-refractivity contribution in [1.82, 2.24) is 4.98 Å². The maximum Gasteiger partial charge on any atom is 0.241 e. The quantitative estimate of drug-likeness (QED) is 0.850. The fraction of sp³-hybridized carbons (Fsp3) is 0.143. The molecule has 0 bridgehead atoms. The molecule has 0 saturated heterocycles. The number of hydrogen-bond acceptors (Lipinski definition) is 3. The number of benzene rings is 1. The number of rotatable bonds is 4. The van der Waals surface area contributed by atoms with Crippen LogP contribution in [0.3, 0.4) is 0 Å². The van der Waals surface area contributed by atoms with Gasteiger partial charge in [0.05, 0.1) is 11.7 Å². The average molecular weight is 320 g/mol. The molecule has 1 amide bonds. The Morgan fingerprint density at radius 3 is 2.68 bits per heavy atom. The summed E-state index contributed by atoms with van der Waals surface area (Å²) in [5, 5.41) is 2.76. The van der Waals surface area contributed by atoms with Crippen molar-refractivity contribution < 1.29 is 4.79 Å². The lowest BCUT2D eigenvalue weighted by Gasteiger charge is -2.12. The lowest BCUT2D eigenvalue weighted by atomic mass is 10.1. The summed E-state index contributed by atoms with van der Waals surface area (Å²) in [5.74, 6) is -0.224. The van der Waals surface area contributed by atoms with Crippen molar-refractivity contribution in [3.05, 3.63) is 58.8 Å². The van der Waals surface area contributed by atoms with Gasteiger partial charge in [-0.05, 0) is 40.0 Å². The van der Waals surface area contributed by atoms with Gasteiger partial charge in [-0.15, -0.1) is 0 Å². The zero-order valence-corrected chi connectivity index (χ0v) is 11.8. The number of amides is 1. The molecule has 4 nitrogen and oxygen atoms in total. The molecule has 2 aromatic rings.